The maximum atomic E-state index is 13.8. The van der Waals surface area contributed by atoms with E-state index in [1.54, 1.807) is 6.07 Å². The van der Waals surface area contributed by atoms with Gasteiger partial charge >= 0.3 is 0 Å². The highest BCUT2D eigenvalue weighted by Gasteiger charge is 2.37. The second kappa shape index (κ2) is 7.37. The summed E-state index contributed by atoms with van der Waals surface area (Å²) in [6.07, 6.45) is 4.18. The smallest absolute Gasteiger partial charge is 0.223 e. The first-order valence-corrected chi connectivity index (χ1v) is 9.75. The molecule has 0 radical (unpaired) electrons. The zero-order valence-corrected chi connectivity index (χ0v) is 15.9. The molecule has 2 aliphatic rings. The molecule has 0 N–H and O–H groups in total. The molecule has 5 heteroatoms. The fourth-order valence-electron chi connectivity index (χ4n) is 3.63. The van der Waals surface area contributed by atoms with Gasteiger partial charge in [0.15, 0.2) is 11.6 Å². The Kier molecular flexibility index (Phi) is 4.94. The third kappa shape index (κ3) is 4.18. The number of furan rings is 1. The van der Waals surface area contributed by atoms with Gasteiger partial charge in [-0.25, -0.2) is 4.39 Å². The zero-order chi connectivity index (χ0) is 19.0. The van der Waals surface area contributed by atoms with Gasteiger partial charge in [-0.3, -0.25) is 4.79 Å². The van der Waals surface area contributed by atoms with Gasteiger partial charge in [0.05, 0.1) is 13.7 Å². The van der Waals surface area contributed by atoms with E-state index in [-0.39, 0.29) is 17.5 Å². The molecule has 2 unspecified atom stereocenters. The van der Waals surface area contributed by atoms with Crippen molar-refractivity contribution in [3.05, 3.63) is 53.2 Å². The SMILES string of the molecule is COc1ccc(CCC(=O)N(Cc2ccc(C3CC3C)o2)C2CC2)cc1F. The van der Waals surface area contributed by atoms with Gasteiger partial charge in [0.2, 0.25) is 5.91 Å². The van der Waals surface area contributed by atoms with Crippen LogP contribution in [0.3, 0.4) is 0 Å². The van der Waals surface area contributed by atoms with Crippen molar-refractivity contribution >= 4 is 5.91 Å². The maximum Gasteiger partial charge on any atom is 0.223 e. The Morgan fingerprint density at radius 3 is 2.70 bits per heavy atom. The molecule has 1 amide bonds. The molecule has 0 aliphatic heterocycles. The van der Waals surface area contributed by atoms with Gasteiger partial charge in [-0.05, 0) is 61.4 Å². The molecule has 2 aromatic rings. The molecule has 0 saturated heterocycles. The molecule has 2 fully saturated rings. The second-order valence-corrected chi connectivity index (χ2v) is 7.85. The van der Waals surface area contributed by atoms with Crippen LogP contribution < -0.4 is 4.74 Å². The number of hydrogen-bond acceptors (Lipinski definition) is 3. The summed E-state index contributed by atoms with van der Waals surface area (Å²) in [6, 6.07) is 9.24. The highest BCUT2D eigenvalue weighted by Crippen LogP contribution is 2.47. The average Bonchev–Trinajstić information content (AvgIpc) is 3.58. The fraction of sp³-hybridized carbons (Fsp3) is 0.500. The summed E-state index contributed by atoms with van der Waals surface area (Å²) in [5.74, 6) is 3.10. The Morgan fingerprint density at radius 1 is 1.30 bits per heavy atom. The highest BCUT2D eigenvalue weighted by atomic mass is 19.1. The number of carbonyl (C=O) groups excluding carboxylic acids is 1. The van der Waals surface area contributed by atoms with Crippen LogP contribution >= 0.6 is 0 Å². The summed E-state index contributed by atoms with van der Waals surface area (Å²) >= 11 is 0. The first-order valence-electron chi connectivity index (χ1n) is 9.75. The second-order valence-electron chi connectivity index (χ2n) is 7.85. The Morgan fingerprint density at radius 2 is 2.07 bits per heavy atom. The molecule has 2 aliphatic carbocycles. The van der Waals surface area contributed by atoms with E-state index in [0.717, 1.165) is 29.9 Å². The average molecular weight is 371 g/mol. The van der Waals surface area contributed by atoms with Crippen LogP contribution in [0.25, 0.3) is 0 Å². The number of carbonyl (C=O) groups is 1. The number of benzene rings is 1. The normalized spacial score (nSPS) is 21.1. The van der Waals surface area contributed by atoms with Crippen LogP contribution in [0, 0.1) is 11.7 Å². The van der Waals surface area contributed by atoms with Gasteiger partial charge in [0.1, 0.15) is 11.5 Å². The van der Waals surface area contributed by atoms with Crippen molar-refractivity contribution in [2.75, 3.05) is 7.11 Å². The number of rotatable bonds is 8. The molecule has 4 nitrogen and oxygen atoms in total. The van der Waals surface area contributed by atoms with Gasteiger partial charge in [-0.15, -0.1) is 0 Å². The third-order valence-corrected chi connectivity index (χ3v) is 5.64. The predicted octanol–water partition coefficient (Wildman–Crippen LogP) is 4.67. The minimum absolute atomic E-state index is 0.103. The number of hydrogen-bond donors (Lipinski definition) is 0. The molecule has 2 saturated carbocycles. The Hall–Kier alpha value is -2.30. The Balaban J connectivity index is 1.36. The van der Waals surface area contributed by atoms with Crippen LogP contribution in [0.5, 0.6) is 5.75 Å². The van der Waals surface area contributed by atoms with Gasteiger partial charge in [0, 0.05) is 18.4 Å². The van der Waals surface area contributed by atoms with E-state index in [1.807, 2.05) is 17.0 Å². The molecule has 4 rings (SSSR count). The van der Waals surface area contributed by atoms with E-state index < -0.39 is 0 Å². The van der Waals surface area contributed by atoms with E-state index in [2.05, 4.69) is 13.0 Å². The number of amides is 1. The van der Waals surface area contributed by atoms with Gasteiger partial charge in [-0.2, -0.15) is 0 Å². The van der Waals surface area contributed by atoms with E-state index in [4.69, 9.17) is 9.15 Å². The molecule has 1 aromatic heterocycles. The summed E-state index contributed by atoms with van der Waals surface area (Å²) < 4.78 is 24.7. The van der Waals surface area contributed by atoms with Crippen LogP contribution in [0.4, 0.5) is 4.39 Å². The lowest BCUT2D eigenvalue weighted by Gasteiger charge is -2.21. The lowest BCUT2D eigenvalue weighted by molar-refractivity contribution is -0.132. The zero-order valence-electron chi connectivity index (χ0n) is 15.9. The Bertz CT molecular complexity index is 827. The van der Waals surface area contributed by atoms with Crippen molar-refractivity contribution in [2.24, 2.45) is 5.92 Å². The molecule has 27 heavy (non-hydrogen) atoms. The van der Waals surface area contributed by atoms with Crippen molar-refractivity contribution < 1.29 is 18.3 Å². The van der Waals surface area contributed by atoms with Gasteiger partial charge < -0.3 is 14.1 Å². The van der Waals surface area contributed by atoms with E-state index >= 15 is 0 Å². The molecule has 0 spiro atoms. The summed E-state index contributed by atoms with van der Waals surface area (Å²) in [6.45, 7) is 2.76. The van der Waals surface area contributed by atoms with E-state index in [1.165, 1.54) is 19.6 Å². The summed E-state index contributed by atoms with van der Waals surface area (Å²) in [5, 5.41) is 0. The molecule has 1 aromatic carbocycles. The number of halogens is 1. The minimum Gasteiger partial charge on any atom is -0.494 e. The van der Waals surface area contributed by atoms with Gasteiger partial charge in [0.25, 0.3) is 0 Å². The lowest BCUT2D eigenvalue weighted by Crippen LogP contribution is -2.32. The summed E-state index contributed by atoms with van der Waals surface area (Å²) in [7, 11) is 1.44. The fourth-order valence-corrected chi connectivity index (χ4v) is 3.63. The molecule has 2 atom stereocenters. The third-order valence-electron chi connectivity index (χ3n) is 5.64. The van der Waals surface area contributed by atoms with Crippen molar-refractivity contribution in [1.29, 1.82) is 0 Å². The Labute approximate surface area is 159 Å². The van der Waals surface area contributed by atoms with Crippen molar-refractivity contribution in [2.45, 2.75) is 57.5 Å². The largest absolute Gasteiger partial charge is 0.494 e. The monoisotopic (exact) mass is 371 g/mol. The van der Waals surface area contributed by atoms with Gasteiger partial charge in [-0.1, -0.05) is 13.0 Å². The molecule has 144 valence electrons. The molecule has 0 bridgehead atoms. The molecular formula is C22H26FNO3. The maximum absolute atomic E-state index is 13.8. The van der Waals surface area contributed by atoms with Crippen molar-refractivity contribution in [3.8, 4) is 5.75 Å². The van der Waals surface area contributed by atoms with E-state index in [0.29, 0.717) is 37.3 Å². The number of aryl methyl sites for hydroxylation is 1. The first kappa shape index (κ1) is 18.1. The highest BCUT2D eigenvalue weighted by molar-refractivity contribution is 5.77. The van der Waals surface area contributed by atoms with Crippen LogP contribution in [0.15, 0.2) is 34.7 Å². The number of nitrogens with zero attached hydrogens (tertiary/aromatic N) is 1. The number of ether oxygens (including phenoxy) is 1. The van der Waals surface area contributed by atoms with Crippen molar-refractivity contribution in [3.63, 3.8) is 0 Å². The van der Waals surface area contributed by atoms with Crippen LogP contribution in [-0.4, -0.2) is 24.0 Å². The quantitative estimate of drug-likeness (QED) is 0.677. The summed E-state index contributed by atoms with van der Waals surface area (Å²) in [4.78, 5) is 14.7. The predicted molar refractivity (Wildman–Crippen MR) is 100 cm³/mol. The summed E-state index contributed by atoms with van der Waals surface area (Å²) in [5.41, 5.74) is 0.806. The van der Waals surface area contributed by atoms with Crippen LogP contribution in [-0.2, 0) is 17.8 Å². The van der Waals surface area contributed by atoms with Crippen molar-refractivity contribution in [1.82, 2.24) is 4.90 Å². The van der Waals surface area contributed by atoms with Crippen LogP contribution in [0.1, 0.15) is 55.6 Å². The molecule has 1 heterocycles. The minimum atomic E-state index is -0.390. The first-order chi connectivity index (χ1) is 13.0. The standard InChI is InChI=1S/C22H26FNO3/c1-14-11-18(14)20-9-7-17(27-20)13-24(16-5-6-16)22(25)10-4-15-3-8-21(26-2)19(23)12-15/h3,7-9,12,14,16,18H,4-6,10-11,13H2,1-2H3. The topological polar surface area (TPSA) is 42.7 Å². The van der Waals surface area contributed by atoms with E-state index in [9.17, 15) is 9.18 Å². The van der Waals surface area contributed by atoms with Crippen LogP contribution in [0.2, 0.25) is 0 Å². The molecular weight excluding hydrogens is 345 g/mol. The number of methoxy groups -OCH3 is 1. The lowest BCUT2D eigenvalue weighted by atomic mass is 10.1.